The minimum absolute atomic E-state index is 0.194. The second-order valence-corrected chi connectivity index (χ2v) is 10.7. The Labute approximate surface area is 240 Å². The van der Waals surface area contributed by atoms with Crippen molar-refractivity contribution < 1.29 is 14.3 Å². The van der Waals surface area contributed by atoms with Gasteiger partial charge in [0.2, 0.25) is 0 Å². The number of unbranched alkanes of at least 4 members (excludes halogenated alkanes) is 1. The normalized spacial score (nSPS) is 14.8. The number of rotatable bonds is 10. The van der Waals surface area contributed by atoms with E-state index in [2.05, 4.69) is 57.8 Å². The number of nitrogens with zero attached hydrogens (tertiary/aromatic N) is 3. The van der Waals surface area contributed by atoms with Gasteiger partial charge in [-0.15, -0.1) is 0 Å². The number of aliphatic imine (C=N–C) groups is 1. The summed E-state index contributed by atoms with van der Waals surface area (Å²) in [7, 11) is 1.72. The lowest BCUT2D eigenvalue weighted by molar-refractivity contribution is 0.0188. The fraction of sp³-hybridized carbons (Fsp3) is 0.531. The highest BCUT2D eigenvalue weighted by atomic mass is 16.6. The van der Waals surface area contributed by atoms with Gasteiger partial charge >= 0.3 is 12.1 Å². The molecule has 3 amide bonds. The van der Waals surface area contributed by atoms with Crippen molar-refractivity contribution in [1.29, 1.82) is 0 Å². The molecule has 1 fully saturated rings. The third-order valence-corrected chi connectivity index (χ3v) is 6.35. The molecule has 2 heterocycles. The van der Waals surface area contributed by atoms with Gasteiger partial charge in [-0.2, -0.15) is 0 Å². The molecule has 1 aromatic heterocycles. The van der Waals surface area contributed by atoms with E-state index in [1.807, 2.05) is 45.9 Å². The number of hydrogen-bond acceptors (Lipinski definition) is 4. The molecule has 40 heavy (non-hydrogen) atoms. The van der Waals surface area contributed by atoms with Crippen LogP contribution in [0.3, 0.4) is 0 Å². The largest absolute Gasteiger partial charge is 0.444 e. The van der Waals surface area contributed by atoms with Crippen LogP contribution >= 0.6 is 0 Å². The Bertz CT molecular complexity index is 1150. The van der Waals surface area contributed by atoms with Crippen LogP contribution in [0.2, 0.25) is 0 Å². The zero-order valence-electron chi connectivity index (χ0n) is 25.2. The molecule has 1 aromatic rings. The molecule has 1 saturated heterocycles. The lowest BCUT2D eigenvalue weighted by Gasteiger charge is -2.34. The number of nitrogens with one attached hydrogen (secondary N) is 2. The van der Waals surface area contributed by atoms with Crippen LogP contribution in [0.5, 0.6) is 0 Å². The predicted octanol–water partition coefficient (Wildman–Crippen LogP) is 6.20. The zero-order chi connectivity index (χ0) is 29.5. The minimum atomic E-state index is -0.498. The van der Waals surface area contributed by atoms with Gasteiger partial charge in [0.25, 0.3) is 0 Å². The monoisotopic (exact) mass is 549 g/mol. The Morgan fingerprint density at radius 2 is 1.98 bits per heavy atom. The molecule has 0 aromatic carbocycles. The van der Waals surface area contributed by atoms with E-state index in [9.17, 15) is 9.59 Å². The first-order chi connectivity index (χ1) is 19.1. The first kappa shape index (κ1) is 32.5. The van der Waals surface area contributed by atoms with Crippen LogP contribution in [0.15, 0.2) is 35.5 Å². The van der Waals surface area contributed by atoms with Crippen LogP contribution in [0, 0.1) is 11.8 Å². The summed E-state index contributed by atoms with van der Waals surface area (Å²) in [4.78, 5) is 30.4. The number of likely N-dealkylation sites (tertiary alicyclic amines) is 1. The smallest absolute Gasteiger partial charge is 0.410 e. The molecule has 0 radical (unpaired) electrons. The van der Waals surface area contributed by atoms with E-state index in [1.54, 1.807) is 18.2 Å². The number of piperidine rings is 1. The summed E-state index contributed by atoms with van der Waals surface area (Å²) in [6.45, 7) is 16.1. The molecular weight excluding hydrogens is 502 g/mol. The molecule has 218 valence electrons. The van der Waals surface area contributed by atoms with Crippen LogP contribution in [0.1, 0.15) is 89.6 Å². The molecule has 0 atom stereocenters. The molecule has 1 aliphatic heterocycles. The average molecular weight is 550 g/mol. The molecule has 0 unspecified atom stereocenters. The number of carbonyl (C=O) groups is 2. The van der Waals surface area contributed by atoms with E-state index >= 15 is 0 Å². The number of amides is 3. The summed E-state index contributed by atoms with van der Waals surface area (Å²) < 4.78 is 7.80. The summed E-state index contributed by atoms with van der Waals surface area (Å²) in [5.41, 5.74) is 3.55. The molecule has 2 N–H and O–H groups in total. The van der Waals surface area contributed by atoms with Crippen molar-refractivity contribution in [2.75, 3.05) is 33.2 Å². The maximum atomic E-state index is 12.5. The van der Waals surface area contributed by atoms with Crippen molar-refractivity contribution in [3.8, 4) is 11.8 Å². The minimum Gasteiger partial charge on any atom is -0.444 e. The Kier molecular flexibility index (Phi) is 13.3. The number of hydrogen-bond donors (Lipinski definition) is 2. The maximum absolute atomic E-state index is 12.5. The predicted molar refractivity (Wildman–Crippen MR) is 166 cm³/mol. The van der Waals surface area contributed by atoms with E-state index in [-0.39, 0.29) is 18.2 Å². The number of carbonyl (C=O) groups excluding carboxylic acids is 2. The number of allylic oxidation sites excluding steroid dienone is 2. The van der Waals surface area contributed by atoms with Crippen molar-refractivity contribution in [3.05, 3.63) is 47.3 Å². The molecule has 0 bridgehead atoms. The fourth-order valence-electron chi connectivity index (χ4n) is 4.55. The van der Waals surface area contributed by atoms with Gasteiger partial charge in [-0.25, -0.2) is 9.59 Å². The van der Waals surface area contributed by atoms with Gasteiger partial charge in [0.15, 0.2) is 0 Å². The second kappa shape index (κ2) is 16.4. The third-order valence-electron chi connectivity index (χ3n) is 6.35. The Hall–Kier alpha value is -3.73. The number of urea groups is 1. The van der Waals surface area contributed by atoms with E-state index < -0.39 is 5.60 Å². The van der Waals surface area contributed by atoms with Crippen molar-refractivity contribution in [1.82, 2.24) is 20.1 Å². The fourth-order valence-corrected chi connectivity index (χ4v) is 4.55. The SMILES string of the molecule is C=Cc1c(/C=C\C)c(C#CCCCNC(=O)NC/C(C=NC)=C/CC)cn1C1CCN(C(=O)OC(C)(C)C)CC1. The highest BCUT2D eigenvalue weighted by Gasteiger charge is 2.28. The Balaban J connectivity index is 1.96. The van der Waals surface area contributed by atoms with Crippen molar-refractivity contribution in [2.45, 2.75) is 78.4 Å². The summed E-state index contributed by atoms with van der Waals surface area (Å²) in [6, 6.07) is 0.0606. The molecule has 0 aliphatic carbocycles. The van der Waals surface area contributed by atoms with E-state index in [0.717, 1.165) is 48.1 Å². The van der Waals surface area contributed by atoms with Gasteiger partial charge < -0.3 is 24.8 Å². The Morgan fingerprint density at radius 1 is 1.25 bits per heavy atom. The van der Waals surface area contributed by atoms with E-state index in [4.69, 9.17) is 4.74 Å². The van der Waals surface area contributed by atoms with Crippen LogP contribution in [-0.4, -0.2) is 66.6 Å². The van der Waals surface area contributed by atoms with E-state index in [1.165, 1.54) is 0 Å². The quantitative estimate of drug-likeness (QED) is 0.207. The van der Waals surface area contributed by atoms with Crippen LogP contribution in [0.25, 0.3) is 12.2 Å². The van der Waals surface area contributed by atoms with Gasteiger partial charge in [-0.05, 0) is 65.0 Å². The van der Waals surface area contributed by atoms with Gasteiger partial charge in [-0.1, -0.05) is 43.6 Å². The van der Waals surface area contributed by atoms with Crippen LogP contribution in [-0.2, 0) is 4.74 Å². The Morgan fingerprint density at radius 3 is 2.58 bits per heavy atom. The van der Waals surface area contributed by atoms with Crippen LogP contribution in [0.4, 0.5) is 9.59 Å². The molecule has 2 rings (SSSR count). The number of aromatic nitrogens is 1. The van der Waals surface area contributed by atoms with Gasteiger partial charge in [0.1, 0.15) is 5.60 Å². The number of ether oxygens (including phenoxy) is 1. The molecule has 0 saturated carbocycles. The molecule has 1 aliphatic rings. The zero-order valence-corrected chi connectivity index (χ0v) is 25.2. The summed E-state index contributed by atoms with van der Waals surface area (Å²) in [6.07, 6.45) is 15.6. The first-order valence-electron chi connectivity index (χ1n) is 14.2. The second-order valence-electron chi connectivity index (χ2n) is 10.7. The van der Waals surface area contributed by atoms with Crippen molar-refractivity contribution in [2.24, 2.45) is 4.99 Å². The summed E-state index contributed by atoms with van der Waals surface area (Å²) in [5, 5.41) is 5.75. The lowest BCUT2D eigenvalue weighted by atomic mass is 10.0. The lowest BCUT2D eigenvalue weighted by Crippen LogP contribution is -2.42. The van der Waals surface area contributed by atoms with Crippen molar-refractivity contribution in [3.63, 3.8) is 0 Å². The standard InChI is InChI=1S/C32H47N5O3/c1-8-14-25(22-33-7)23-35-30(38)34-19-13-11-12-16-26-24-37(29(10-3)28(26)15-9-2)27-17-20-36(21-18-27)31(39)40-32(4,5)6/h9-10,14-15,22,24,27H,3,8,11,13,17-21,23H2,1-2,4-7H3,(H2,34,35,38)/b15-9-,25-14+,33-22?. The molecule has 0 spiro atoms. The first-order valence-corrected chi connectivity index (χ1v) is 14.2. The van der Waals surface area contributed by atoms with Gasteiger partial charge in [-0.3, -0.25) is 4.99 Å². The molecule has 8 heteroatoms. The molecule has 8 nitrogen and oxygen atoms in total. The van der Waals surface area contributed by atoms with E-state index in [0.29, 0.717) is 32.6 Å². The summed E-state index contributed by atoms with van der Waals surface area (Å²) in [5.74, 6) is 6.61. The van der Waals surface area contributed by atoms with Crippen LogP contribution < -0.4 is 10.6 Å². The maximum Gasteiger partial charge on any atom is 0.410 e. The third kappa shape index (κ3) is 10.4. The average Bonchev–Trinajstić information content (AvgIpc) is 3.26. The van der Waals surface area contributed by atoms with Gasteiger partial charge in [0, 0.05) is 69.4 Å². The highest BCUT2D eigenvalue weighted by molar-refractivity contribution is 5.81. The summed E-state index contributed by atoms with van der Waals surface area (Å²) >= 11 is 0. The highest BCUT2D eigenvalue weighted by Crippen LogP contribution is 2.30. The molecular formula is C32H47N5O3. The van der Waals surface area contributed by atoms with Crippen molar-refractivity contribution >= 4 is 30.5 Å². The van der Waals surface area contributed by atoms with Gasteiger partial charge in [0.05, 0.1) is 5.56 Å². The topological polar surface area (TPSA) is 88.0 Å².